The third kappa shape index (κ3) is 15.0. The highest BCUT2D eigenvalue weighted by atomic mass is 16.5. The van der Waals surface area contributed by atoms with Gasteiger partial charge in [-0.05, 0) is 42.0 Å². The number of urea groups is 1. The summed E-state index contributed by atoms with van der Waals surface area (Å²) in [5, 5.41) is 16.2. The van der Waals surface area contributed by atoms with E-state index in [2.05, 4.69) is 36.6 Å². The monoisotopic (exact) mass is 577 g/mol. The molecule has 226 valence electrons. The van der Waals surface area contributed by atoms with Crippen molar-refractivity contribution < 1.29 is 33.4 Å². The van der Waals surface area contributed by atoms with Gasteiger partial charge < -0.3 is 41.8 Å². The highest BCUT2D eigenvalue weighted by molar-refractivity contribution is 5.98. The van der Waals surface area contributed by atoms with Gasteiger partial charge in [0.2, 0.25) is 17.7 Å². The van der Waals surface area contributed by atoms with Gasteiger partial charge in [0.25, 0.3) is 0 Å². The lowest BCUT2D eigenvalue weighted by atomic mass is 10.0. The van der Waals surface area contributed by atoms with Crippen LogP contribution in [0.2, 0.25) is 0 Å². The molecule has 0 saturated carbocycles. The summed E-state index contributed by atoms with van der Waals surface area (Å²) in [5.74, 6) is -1.78. The number of nitrogens with two attached hydrogens (primary N) is 1. The smallest absolute Gasteiger partial charge is 0.407 e. The minimum atomic E-state index is -0.990. The number of rotatable bonds is 18. The predicted octanol–water partition coefficient (Wildman–Crippen LogP) is 1.27. The van der Waals surface area contributed by atoms with Gasteiger partial charge in [0.1, 0.15) is 18.7 Å². The van der Waals surface area contributed by atoms with Crippen LogP contribution in [0.5, 0.6) is 0 Å². The lowest BCUT2D eigenvalue weighted by Crippen LogP contribution is -2.54. The molecule has 1 rings (SSSR count). The number of primary amides is 1. The van der Waals surface area contributed by atoms with E-state index in [1.807, 2.05) is 0 Å². The van der Waals surface area contributed by atoms with Crippen LogP contribution in [0.25, 0.3) is 10.4 Å². The van der Waals surface area contributed by atoms with Crippen molar-refractivity contribution in [2.45, 2.75) is 51.8 Å². The van der Waals surface area contributed by atoms with Crippen LogP contribution in [-0.4, -0.2) is 75.3 Å². The van der Waals surface area contributed by atoms with Crippen LogP contribution < -0.4 is 32.3 Å². The molecular formula is C25H39N9O7. The fourth-order valence-corrected chi connectivity index (χ4v) is 3.38. The molecule has 0 radical (unpaired) electrons. The topological polar surface area (TPSA) is 239 Å². The second kappa shape index (κ2) is 19.5. The lowest BCUT2D eigenvalue weighted by molar-refractivity contribution is -0.132. The molecule has 0 bridgehead atoms. The lowest BCUT2D eigenvalue weighted by Gasteiger charge is -2.25. The van der Waals surface area contributed by atoms with Gasteiger partial charge in [0.15, 0.2) is 0 Å². The normalized spacial score (nSPS) is 11.8. The number of amides is 6. The number of nitrogens with zero attached hydrogens (tertiary/aromatic N) is 3. The molecule has 0 unspecified atom stereocenters. The van der Waals surface area contributed by atoms with E-state index in [9.17, 15) is 24.0 Å². The number of carbonyl (C=O) groups is 5. The molecule has 0 aliphatic heterocycles. The van der Waals surface area contributed by atoms with Crippen molar-refractivity contribution in [2.24, 2.45) is 16.8 Å². The van der Waals surface area contributed by atoms with Gasteiger partial charge in [-0.2, -0.15) is 0 Å². The van der Waals surface area contributed by atoms with Crippen LogP contribution >= 0.6 is 0 Å². The molecule has 6 amide bonds. The van der Waals surface area contributed by atoms with Gasteiger partial charge in [-0.1, -0.05) is 31.1 Å². The zero-order chi connectivity index (χ0) is 30.6. The van der Waals surface area contributed by atoms with E-state index in [4.69, 9.17) is 20.7 Å². The van der Waals surface area contributed by atoms with E-state index >= 15 is 0 Å². The Hall–Kier alpha value is -4.56. The third-order valence-corrected chi connectivity index (χ3v) is 5.54. The maximum absolute atomic E-state index is 13.2. The van der Waals surface area contributed by atoms with Crippen molar-refractivity contribution in [2.75, 3.05) is 38.7 Å². The summed E-state index contributed by atoms with van der Waals surface area (Å²) >= 11 is 0. The molecule has 1 aromatic rings. The van der Waals surface area contributed by atoms with Crippen LogP contribution in [0.3, 0.4) is 0 Å². The molecule has 0 aromatic heterocycles. The van der Waals surface area contributed by atoms with Crippen LogP contribution in [0, 0.1) is 5.92 Å². The van der Waals surface area contributed by atoms with Crippen molar-refractivity contribution in [3.05, 3.63) is 40.3 Å². The standard InChI is InChI=1S/C25H39N9O7/c1-16(2)21(33-20(35)10-13-40-14-12-30-34-27)23(37)32-19(5-4-11-29-24(26)38)22(36)31-18-8-6-17(7-9-18)15-41-25(39)28-3/h6-9,16,19,21H,4-5,10-15H2,1-3H3,(H,28,39)(H,31,36)(H,32,37)(H,33,35)(H3,26,29,38)/t19-,21-/m0/s1. The second-order valence-corrected chi connectivity index (χ2v) is 9.11. The van der Waals surface area contributed by atoms with Gasteiger partial charge in [0.05, 0.1) is 13.2 Å². The molecule has 1 aromatic carbocycles. The molecule has 41 heavy (non-hydrogen) atoms. The number of carbonyl (C=O) groups excluding carboxylic acids is 5. The molecule has 16 heteroatoms. The Morgan fingerprint density at radius 1 is 1.05 bits per heavy atom. The van der Waals surface area contributed by atoms with Crippen molar-refractivity contribution in [1.82, 2.24) is 21.3 Å². The third-order valence-electron chi connectivity index (χ3n) is 5.54. The molecule has 0 aliphatic rings. The Labute approximate surface area is 238 Å². The summed E-state index contributed by atoms with van der Waals surface area (Å²) in [5.41, 5.74) is 14.5. The molecule has 0 spiro atoms. The molecule has 7 N–H and O–H groups in total. The van der Waals surface area contributed by atoms with Gasteiger partial charge in [-0.15, -0.1) is 0 Å². The number of anilines is 1. The van der Waals surface area contributed by atoms with Gasteiger partial charge in [0, 0.05) is 37.2 Å². The van der Waals surface area contributed by atoms with Crippen molar-refractivity contribution in [3.8, 4) is 0 Å². The number of ether oxygens (including phenoxy) is 2. The van der Waals surface area contributed by atoms with E-state index in [1.54, 1.807) is 38.1 Å². The number of hydrogen-bond acceptors (Lipinski definition) is 8. The average Bonchev–Trinajstić information content (AvgIpc) is 2.94. The summed E-state index contributed by atoms with van der Waals surface area (Å²) in [7, 11) is 1.45. The van der Waals surface area contributed by atoms with Crippen molar-refractivity contribution in [1.29, 1.82) is 0 Å². The van der Waals surface area contributed by atoms with E-state index in [1.165, 1.54) is 7.05 Å². The van der Waals surface area contributed by atoms with Crippen LogP contribution in [-0.2, 0) is 30.5 Å². The fraction of sp³-hybridized carbons (Fsp3) is 0.560. The highest BCUT2D eigenvalue weighted by Gasteiger charge is 2.28. The summed E-state index contributed by atoms with van der Waals surface area (Å²) < 4.78 is 10.2. The zero-order valence-corrected chi connectivity index (χ0v) is 23.5. The average molecular weight is 578 g/mol. The molecule has 16 nitrogen and oxygen atoms in total. The SMILES string of the molecule is CNC(=O)OCc1ccc(NC(=O)[C@H](CCCNC(N)=O)NC(=O)[C@@H](NC(=O)CCOCCN=[N+]=[N-])C(C)C)cc1. The Bertz CT molecular complexity index is 1060. The molecule has 0 fully saturated rings. The van der Waals surface area contributed by atoms with Crippen LogP contribution in [0.15, 0.2) is 29.4 Å². The molecule has 0 saturated heterocycles. The maximum Gasteiger partial charge on any atom is 0.407 e. The first-order valence-corrected chi connectivity index (χ1v) is 13.0. The molecule has 2 atom stereocenters. The Morgan fingerprint density at radius 2 is 1.76 bits per heavy atom. The minimum absolute atomic E-state index is 0.0143. The molecular weight excluding hydrogens is 538 g/mol. The van der Waals surface area contributed by atoms with Crippen molar-refractivity contribution in [3.63, 3.8) is 0 Å². The highest BCUT2D eigenvalue weighted by Crippen LogP contribution is 2.13. The summed E-state index contributed by atoms with van der Waals surface area (Å²) in [6, 6.07) is 3.97. The van der Waals surface area contributed by atoms with Crippen LogP contribution in [0.1, 0.15) is 38.7 Å². The number of azide groups is 1. The number of nitrogens with one attached hydrogen (secondary N) is 5. The van der Waals surface area contributed by atoms with Gasteiger partial charge >= 0.3 is 12.1 Å². The quantitative estimate of drug-likeness (QED) is 0.0645. The number of alkyl carbamates (subject to hydrolysis) is 1. The molecule has 0 aliphatic carbocycles. The maximum atomic E-state index is 13.2. The fourth-order valence-electron chi connectivity index (χ4n) is 3.38. The second-order valence-electron chi connectivity index (χ2n) is 9.11. The summed E-state index contributed by atoms with van der Waals surface area (Å²) in [6.45, 7) is 4.13. The van der Waals surface area contributed by atoms with Gasteiger partial charge in [-0.25, -0.2) is 9.59 Å². The first kappa shape index (κ1) is 34.5. The predicted molar refractivity (Wildman–Crippen MR) is 149 cm³/mol. The first-order valence-electron chi connectivity index (χ1n) is 13.0. The zero-order valence-electron chi connectivity index (χ0n) is 23.5. The Kier molecular flexibility index (Phi) is 16.4. The largest absolute Gasteiger partial charge is 0.445 e. The van der Waals surface area contributed by atoms with E-state index in [0.717, 1.165) is 0 Å². The first-order chi connectivity index (χ1) is 19.6. The van der Waals surface area contributed by atoms with Gasteiger partial charge in [-0.3, -0.25) is 14.4 Å². The van der Waals surface area contributed by atoms with E-state index in [0.29, 0.717) is 17.7 Å². The van der Waals surface area contributed by atoms with E-state index < -0.39 is 41.9 Å². The Balaban J connectivity index is 2.83. The van der Waals surface area contributed by atoms with E-state index in [-0.39, 0.29) is 51.7 Å². The Morgan fingerprint density at radius 3 is 2.37 bits per heavy atom. The number of benzene rings is 1. The summed E-state index contributed by atoms with van der Waals surface area (Å²) in [4.78, 5) is 63.5. The summed E-state index contributed by atoms with van der Waals surface area (Å²) in [6.07, 6.45) is -0.0748. The van der Waals surface area contributed by atoms with Crippen molar-refractivity contribution >= 4 is 35.5 Å². The van der Waals surface area contributed by atoms with Crippen LogP contribution in [0.4, 0.5) is 15.3 Å². The molecule has 0 heterocycles. The minimum Gasteiger partial charge on any atom is -0.445 e. The number of hydrogen-bond donors (Lipinski definition) is 6.